The smallest absolute Gasteiger partial charge is 0.253 e. The predicted octanol–water partition coefficient (Wildman–Crippen LogP) is 3.39. The number of hydrogen-bond donors (Lipinski definition) is 1. The number of hydrogen-bond acceptors (Lipinski definition) is 5. The molecule has 1 spiro atoms. The summed E-state index contributed by atoms with van der Waals surface area (Å²) in [6, 6.07) is 5.06. The molecular formula is C31H43N3O5. The lowest BCUT2D eigenvalue weighted by molar-refractivity contribution is -0.149. The number of carbonyl (C=O) groups is 3. The summed E-state index contributed by atoms with van der Waals surface area (Å²) in [6.45, 7) is 14.6. The van der Waals surface area contributed by atoms with E-state index >= 15 is 0 Å². The summed E-state index contributed by atoms with van der Waals surface area (Å²) in [5.74, 6) is -1.95. The van der Waals surface area contributed by atoms with E-state index in [1.165, 1.54) is 0 Å². The molecule has 2 bridgehead atoms. The monoisotopic (exact) mass is 537 g/mol. The largest absolute Gasteiger partial charge is 0.396 e. The minimum absolute atomic E-state index is 0.0796. The molecule has 3 aliphatic rings. The minimum atomic E-state index is -1.08. The maximum absolute atomic E-state index is 14.7. The van der Waals surface area contributed by atoms with E-state index in [2.05, 4.69) is 13.2 Å². The SMILES string of the molecule is C=CCN(C)C(=O)[C@@H]1[C@H]2C(=O)N(CCCCCO)C(C(=O)N(CC=C)c3c(C)cccc3C)C23CC[C@@]1(C)O3. The molecule has 8 heteroatoms. The molecule has 1 N–H and O–H groups in total. The van der Waals surface area contributed by atoms with Crippen molar-refractivity contribution in [1.82, 2.24) is 9.80 Å². The Bertz CT molecular complexity index is 1130. The molecule has 8 nitrogen and oxygen atoms in total. The van der Waals surface area contributed by atoms with Gasteiger partial charge in [0.25, 0.3) is 5.91 Å². The molecule has 0 aromatic heterocycles. The fraction of sp³-hybridized carbons (Fsp3) is 0.581. The molecule has 0 radical (unpaired) electrons. The summed E-state index contributed by atoms with van der Waals surface area (Å²) in [6.07, 6.45) is 6.51. The fourth-order valence-electron chi connectivity index (χ4n) is 7.21. The zero-order valence-corrected chi connectivity index (χ0v) is 23.8. The Morgan fingerprint density at radius 3 is 2.38 bits per heavy atom. The van der Waals surface area contributed by atoms with E-state index in [1.807, 2.05) is 39.0 Å². The number of rotatable bonds is 12. The Morgan fingerprint density at radius 1 is 1.10 bits per heavy atom. The van der Waals surface area contributed by atoms with Gasteiger partial charge in [-0.05, 0) is 64.0 Å². The van der Waals surface area contributed by atoms with E-state index in [-0.39, 0.29) is 30.9 Å². The van der Waals surface area contributed by atoms with Crippen LogP contribution in [0, 0.1) is 25.7 Å². The minimum Gasteiger partial charge on any atom is -0.396 e. The number of benzene rings is 1. The van der Waals surface area contributed by atoms with E-state index in [4.69, 9.17) is 4.74 Å². The van der Waals surface area contributed by atoms with Crippen molar-refractivity contribution in [2.75, 3.05) is 38.2 Å². The summed E-state index contributed by atoms with van der Waals surface area (Å²) < 4.78 is 6.77. The number of likely N-dealkylation sites (tertiary alicyclic amines) is 1. The van der Waals surface area contributed by atoms with Crippen molar-refractivity contribution in [3.05, 3.63) is 54.6 Å². The lowest BCUT2D eigenvalue weighted by atomic mass is 9.66. The van der Waals surface area contributed by atoms with Crippen LogP contribution in [0.1, 0.15) is 50.2 Å². The fourth-order valence-corrected chi connectivity index (χ4v) is 7.21. The van der Waals surface area contributed by atoms with Gasteiger partial charge in [0.05, 0.1) is 17.4 Å². The summed E-state index contributed by atoms with van der Waals surface area (Å²) in [7, 11) is 1.72. The number of aryl methyl sites for hydroxylation is 2. The van der Waals surface area contributed by atoms with Crippen LogP contribution in [0.2, 0.25) is 0 Å². The quantitative estimate of drug-likeness (QED) is 0.326. The van der Waals surface area contributed by atoms with E-state index in [0.29, 0.717) is 38.8 Å². The number of fused-ring (bicyclic) bond motifs is 1. The maximum atomic E-state index is 14.7. The molecule has 212 valence electrons. The van der Waals surface area contributed by atoms with Gasteiger partial charge in [-0.25, -0.2) is 0 Å². The molecule has 3 saturated heterocycles. The van der Waals surface area contributed by atoms with Crippen molar-refractivity contribution in [2.45, 2.75) is 70.1 Å². The van der Waals surface area contributed by atoms with Crippen molar-refractivity contribution in [2.24, 2.45) is 11.8 Å². The van der Waals surface area contributed by atoms with Crippen molar-refractivity contribution in [3.8, 4) is 0 Å². The topological polar surface area (TPSA) is 90.4 Å². The number of aliphatic hydroxyl groups excluding tert-OH is 1. The number of ether oxygens (including phenoxy) is 1. The number of unbranched alkanes of at least 4 members (excludes halogenated alkanes) is 2. The molecule has 4 rings (SSSR count). The normalized spacial score (nSPS) is 28.9. The van der Waals surface area contributed by atoms with Gasteiger partial charge in [0.15, 0.2) is 0 Å². The first-order valence-electron chi connectivity index (χ1n) is 14.0. The summed E-state index contributed by atoms with van der Waals surface area (Å²) >= 11 is 0. The van der Waals surface area contributed by atoms with Crippen LogP contribution in [-0.2, 0) is 19.1 Å². The summed E-state index contributed by atoms with van der Waals surface area (Å²) in [5.41, 5.74) is 0.829. The highest BCUT2D eigenvalue weighted by atomic mass is 16.5. The zero-order valence-electron chi connectivity index (χ0n) is 23.8. The first kappa shape index (κ1) is 29.0. The van der Waals surface area contributed by atoms with Crippen LogP contribution in [0.25, 0.3) is 0 Å². The highest BCUT2D eigenvalue weighted by Gasteiger charge is 2.78. The molecule has 5 atom stereocenters. The van der Waals surface area contributed by atoms with E-state index in [0.717, 1.165) is 23.2 Å². The molecule has 1 aromatic rings. The Hall–Kier alpha value is -2.97. The third kappa shape index (κ3) is 4.72. The van der Waals surface area contributed by atoms with Crippen LogP contribution >= 0.6 is 0 Å². The Morgan fingerprint density at radius 2 is 1.77 bits per heavy atom. The van der Waals surface area contributed by atoms with Gasteiger partial charge in [-0.2, -0.15) is 0 Å². The zero-order chi connectivity index (χ0) is 28.5. The van der Waals surface area contributed by atoms with Gasteiger partial charge in [0.1, 0.15) is 11.6 Å². The van der Waals surface area contributed by atoms with Gasteiger partial charge in [-0.1, -0.05) is 30.4 Å². The number of nitrogens with zero attached hydrogens (tertiary/aromatic N) is 3. The number of likely N-dealkylation sites (N-methyl/N-ethyl adjacent to an activating group) is 1. The van der Waals surface area contributed by atoms with Crippen LogP contribution < -0.4 is 4.90 Å². The molecule has 2 unspecified atom stereocenters. The second-order valence-electron chi connectivity index (χ2n) is 11.5. The van der Waals surface area contributed by atoms with Gasteiger partial charge in [0, 0.05) is 39.0 Å². The van der Waals surface area contributed by atoms with Crippen LogP contribution in [0.4, 0.5) is 5.69 Å². The first-order chi connectivity index (χ1) is 18.6. The van der Waals surface area contributed by atoms with Crippen molar-refractivity contribution in [3.63, 3.8) is 0 Å². The molecule has 3 fully saturated rings. The molecule has 3 heterocycles. The summed E-state index contributed by atoms with van der Waals surface area (Å²) in [5, 5.41) is 9.28. The molecule has 0 saturated carbocycles. The number of carbonyl (C=O) groups excluding carboxylic acids is 3. The standard InChI is InChI=1S/C31H43N3O5/c1-7-17-32(6)27(36)23-24-28(37)34(19-10-9-11-20-35)26(31(24)16-15-30(23,5)39-31)29(38)33(18-8-2)25-21(3)13-12-14-22(25)4/h7-8,12-14,23-24,26,35H,1-2,9-11,15-20H2,3-6H3/t23-,24-,26?,30+,31?/m0/s1. The number of aliphatic hydroxyl groups is 1. The predicted molar refractivity (Wildman–Crippen MR) is 151 cm³/mol. The van der Waals surface area contributed by atoms with Crippen molar-refractivity contribution in [1.29, 1.82) is 0 Å². The van der Waals surface area contributed by atoms with Crippen LogP contribution in [0.5, 0.6) is 0 Å². The third-order valence-electron chi connectivity index (χ3n) is 8.90. The highest BCUT2D eigenvalue weighted by Crippen LogP contribution is 2.63. The van der Waals surface area contributed by atoms with Gasteiger partial charge in [-0.15, -0.1) is 13.2 Å². The number of para-hydroxylation sites is 1. The van der Waals surface area contributed by atoms with Crippen molar-refractivity contribution >= 4 is 23.4 Å². The average molecular weight is 538 g/mol. The van der Waals surface area contributed by atoms with Crippen LogP contribution in [0.3, 0.4) is 0 Å². The lowest BCUT2D eigenvalue weighted by Gasteiger charge is -2.37. The Balaban J connectivity index is 1.80. The van der Waals surface area contributed by atoms with Crippen LogP contribution in [0.15, 0.2) is 43.5 Å². The Kier molecular flexibility index (Phi) is 8.38. The first-order valence-corrected chi connectivity index (χ1v) is 14.0. The molecule has 3 amide bonds. The maximum Gasteiger partial charge on any atom is 0.253 e. The Labute approximate surface area is 232 Å². The number of anilines is 1. The van der Waals surface area contributed by atoms with Gasteiger partial charge >= 0.3 is 0 Å². The lowest BCUT2D eigenvalue weighted by Crippen LogP contribution is -2.57. The molecule has 1 aromatic carbocycles. The molecule has 39 heavy (non-hydrogen) atoms. The molecule has 3 aliphatic heterocycles. The second-order valence-corrected chi connectivity index (χ2v) is 11.5. The third-order valence-corrected chi connectivity index (χ3v) is 8.90. The molecular weight excluding hydrogens is 494 g/mol. The summed E-state index contributed by atoms with van der Waals surface area (Å²) in [4.78, 5) is 47.7. The van der Waals surface area contributed by atoms with Gasteiger partial charge < -0.3 is 24.5 Å². The number of amides is 3. The van der Waals surface area contributed by atoms with E-state index in [1.54, 1.807) is 33.9 Å². The molecule has 0 aliphatic carbocycles. The highest BCUT2D eigenvalue weighted by molar-refractivity contribution is 6.05. The van der Waals surface area contributed by atoms with Gasteiger partial charge in [-0.3, -0.25) is 14.4 Å². The van der Waals surface area contributed by atoms with E-state index < -0.39 is 29.1 Å². The van der Waals surface area contributed by atoms with Crippen LogP contribution in [-0.4, -0.2) is 83.2 Å². The van der Waals surface area contributed by atoms with E-state index in [9.17, 15) is 19.5 Å². The average Bonchev–Trinajstić information content (AvgIpc) is 3.46. The van der Waals surface area contributed by atoms with Crippen molar-refractivity contribution < 1.29 is 24.2 Å². The van der Waals surface area contributed by atoms with Gasteiger partial charge in [0.2, 0.25) is 11.8 Å². The second kappa shape index (κ2) is 11.3.